The van der Waals surface area contributed by atoms with Crippen molar-refractivity contribution in [2.45, 2.75) is 62.6 Å². The lowest BCUT2D eigenvalue weighted by Crippen LogP contribution is -2.59. The standard InChI is InChI=1S/C28H33N3O7/c29-28(27(37)38)15-7-12-20(28)25(35)21(16-18-8-3-1-4-9-18)31-26(36)22(17-19-10-5-2-6-11-19)30-23(32)13-14-24(33)34/h1-6,8-11,20-22H,7,12-17,29H2,(H,30,32)(H,31,36)(H,33,34)(H,37,38)/t20?,21-,22-,28?/m0/s1. The number of hydrogen-bond donors (Lipinski definition) is 5. The molecule has 0 aromatic heterocycles. The van der Waals surface area contributed by atoms with Crippen LogP contribution in [0.2, 0.25) is 0 Å². The summed E-state index contributed by atoms with van der Waals surface area (Å²) >= 11 is 0. The summed E-state index contributed by atoms with van der Waals surface area (Å²) in [5.74, 6) is -5.10. The summed E-state index contributed by atoms with van der Waals surface area (Å²) in [5.41, 5.74) is 5.95. The van der Waals surface area contributed by atoms with Gasteiger partial charge in [-0.1, -0.05) is 67.1 Å². The van der Waals surface area contributed by atoms with E-state index in [1.165, 1.54) is 0 Å². The third-order valence-electron chi connectivity index (χ3n) is 6.89. The lowest BCUT2D eigenvalue weighted by Gasteiger charge is -2.30. The van der Waals surface area contributed by atoms with Crippen LogP contribution in [0.15, 0.2) is 60.7 Å². The molecule has 4 atom stereocenters. The van der Waals surface area contributed by atoms with E-state index >= 15 is 0 Å². The van der Waals surface area contributed by atoms with Gasteiger partial charge in [0.1, 0.15) is 11.6 Å². The van der Waals surface area contributed by atoms with Crippen molar-refractivity contribution in [2.75, 3.05) is 0 Å². The van der Waals surface area contributed by atoms with E-state index in [1.54, 1.807) is 48.5 Å². The average Bonchev–Trinajstić information content (AvgIpc) is 3.30. The fourth-order valence-corrected chi connectivity index (χ4v) is 4.82. The summed E-state index contributed by atoms with van der Waals surface area (Å²) in [4.78, 5) is 62.4. The molecule has 0 saturated heterocycles. The highest BCUT2D eigenvalue weighted by Gasteiger charge is 2.51. The van der Waals surface area contributed by atoms with Crippen LogP contribution in [-0.2, 0) is 36.8 Å². The first-order chi connectivity index (χ1) is 18.1. The Bertz CT molecular complexity index is 1160. The molecule has 0 radical (unpaired) electrons. The minimum absolute atomic E-state index is 0.108. The molecule has 1 saturated carbocycles. The molecule has 1 aliphatic carbocycles. The third kappa shape index (κ3) is 7.48. The Hall–Kier alpha value is -4.05. The van der Waals surface area contributed by atoms with Gasteiger partial charge in [-0.2, -0.15) is 0 Å². The molecule has 2 aromatic rings. The molecule has 3 rings (SSSR count). The number of carboxylic acid groups (broad SMARTS) is 2. The maximum absolute atomic E-state index is 13.7. The molecule has 1 fully saturated rings. The molecule has 0 spiro atoms. The number of carbonyl (C=O) groups excluding carboxylic acids is 3. The molecule has 38 heavy (non-hydrogen) atoms. The minimum Gasteiger partial charge on any atom is -0.481 e. The lowest BCUT2D eigenvalue weighted by atomic mass is 9.81. The van der Waals surface area contributed by atoms with Gasteiger partial charge in [0.2, 0.25) is 11.8 Å². The summed E-state index contributed by atoms with van der Waals surface area (Å²) in [6.45, 7) is 0. The Morgan fingerprint density at radius 2 is 1.39 bits per heavy atom. The second-order valence-corrected chi connectivity index (χ2v) is 9.65. The molecule has 1 aliphatic rings. The molecule has 0 aliphatic heterocycles. The van der Waals surface area contributed by atoms with Crippen molar-refractivity contribution in [1.82, 2.24) is 10.6 Å². The molecule has 6 N–H and O–H groups in total. The maximum atomic E-state index is 13.7. The van der Waals surface area contributed by atoms with Crippen molar-refractivity contribution < 1.29 is 34.2 Å². The van der Waals surface area contributed by atoms with Crippen LogP contribution < -0.4 is 16.4 Å². The molecule has 2 unspecified atom stereocenters. The van der Waals surface area contributed by atoms with Crippen LogP contribution in [-0.4, -0.2) is 57.4 Å². The number of amides is 2. The van der Waals surface area contributed by atoms with E-state index < -0.39 is 59.5 Å². The average molecular weight is 524 g/mol. The number of rotatable bonds is 13. The Morgan fingerprint density at radius 1 is 0.842 bits per heavy atom. The van der Waals surface area contributed by atoms with Gasteiger partial charge in [0, 0.05) is 18.8 Å². The Labute approximate surface area is 220 Å². The summed E-state index contributed by atoms with van der Waals surface area (Å²) in [6.07, 6.45) is 0.442. The third-order valence-corrected chi connectivity index (χ3v) is 6.89. The van der Waals surface area contributed by atoms with Crippen LogP contribution in [0.4, 0.5) is 0 Å². The van der Waals surface area contributed by atoms with Gasteiger partial charge in [0.05, 0.1) is 12.5 Å². The number of nitrogens with two attached hydrogens (primary N) is 1. The predicted octanol–water partition coefficient (Wildman–Crippen LogP) is 1.46. The van der Waals surface area contributed by atoms with Gasteiger partial charge in [-0.25, -0.2) is 0 Å². The Balaban J connectivity index is 1.85. The molecule has 202 valence electrons. The summed E-state index contributed by atoms with van der Waals surface area (Å²) in [7, 11) is 0. The van der Waals surface area contributed by atoms with Crippen molar-refractivity contribution in [3.05, 3.63) is 71.8 Å². The molecule has 0 heterocycles. The van der Waals surface area contributed by atoms with E-state index in [4.69, 9.17) is 10.8 Å². The van der Waals surface area contributed by atoms with Crippen LogP contribution in [0.3, 0.4) is 0 Å². The molecular formula is C28H33N3O7. The van der Waals surface area contributed by atoms with E-state index in [2.05, 4.69) is 10.6 Å². The van der Waals surface area contributed by atoms with Crippen LogP contribution in [0.1, 0.15) is 43.2 Å². The monoisotopic (exact) mass is 523 g/mol. The van der Waals surface area contributed by atoms with Gasteiger partial charge in [-0.3, -0.25) is 24.0 Å². The second kappa shape index (κ2) is 13.0. The van der Waals surface area contributed by atoms with Crippen molar-refractivity contribution in [2.24, 2.45) is 11.7 Å². The highest BCUT2D eigenvalue weighted by atomic mass is 16.4. The Morgan fingerprint density at radius 3 is 1.92 bits per heavy atom. The number of ketones is 1. The van der Waals surface area contributed by atoms with Crippen LogP contribution >= 0.6 is 0 Å². The smallest absolute Gasteiger partial charge is 0.324 e. The topological polar surface area (TPSA) is 176 Å². The Kier molecular flexibility index (Phi) is 9.72. The number of Topliss-reactive ketones (excluding diaryl/α,β-unsaturated/α-hetero) is 1. The highest BCUT2D eigenvalue weighted by molar-refractivity contribution is 5.98. The van der Waals surface area contributed by atoms with Gasteiger partial charge in [0.15, 0.2) is 5.78 Å². The SMILES string of the molecule is NC1(C(=O)O)CCCC1C(=O)[C@H](Cc1ccccc1)NC(=O)[C@H](Cc1ccccc1)NC(=O)CCC(=O)O. The van der Waals surface area contributed by atoms with Crippen molar-refractivity contribution in [3.8, 4) is 0 Å². The molecule has 10 heteroatoms. The normalized spacial score (nSPS) is 20.2. The zero-order valence-corrected chi connectivity index (χ0v) is 21.0. The van der Waals surface area contributed by atoms with Gasteiger partial charge in [-0.15, -0.1) is 0 Å². The minimum atomic E-state index is -1.72. The zero-order valence-electron chi connectivity index (χ0n) is 21.0. The molecule has 2 amide bonds. The number of benzene rings is 2. The van der Waals surface area contributed by atoms with E-state index in [-0.39, 0.29) is 25.7 Å². The summed E-state index contributed by atoms with van der Waals surface area (Å²) in [5, 5.41) is 24.0. The van der Waals surface area contributed by atoms with E-state index in [1.807, 2.05) is 12.1 Å². The van der Waals surface area contributed by atoms with Crippen molar-refractivity contribution in [3.63, 3.8) is 0 Å². The lowest BCUT2D eigenvalue weighted by molar-refractivity contribution is -0.148. The van der Waals surface area contributed by atoms with E-state index in [0.717, 1.165) is 11.1 Å². The van der Waals surface area contributed by atoms with Crippen molar-refractivity contribution in [1.29, 1.82) is 0 Å². The van der Waals surface area contributed by atoms with Gasteiger partial charge in [0.25, 0.3) is 0 Å². The number of nitrogens with one attached hydrogen (secondary N) is 2. The maximum Gasteiger partial charge on any atom is 0.324 e. The molecule has 10 nitrogen and oxygen atoms in total. The fourth-order valence-electron chi connectivity index (χ4n) is 4.82. The molecule has 0 bridgehead atoms. The quantitative estimate of drug-likeness (QED) is 0.262. The highest BCUT2D eigenvalue weighted by Crippen LogP contribution is 2.35. The van der Waals surface area contributed by atoms with Crippen LogP contribution in [0.25, 0.3) is 0 Å². The molecule has 2 aromatic carbocycles. The first kappa shape index (κ1) is 28.5. The van der Waals surface area contributed by atoms with Gasteiger partial charge < -0.3 is 26.6 Å². The first-order valence-electron chi connectivity index (χ1n) is 12.6. The number of carbonyl (C=O) groups is 5. The number of carboxylic acids is 2. The largest absolute Gasteiger partial charge is 0.481 e. The van der Waals surface area contributed by atoms with Gasteiger partial charge in [-0.05, 0) is 30.4 Å². The summed E-state index contributed by atoms with van der Waals surface area (Å²) < 4.78 is 0. The van der Waals surface area contributed by atoms with Crippen LogP contribution in [0.5, 0.6) is 0 Å². The number of hydrogen-bond acceptors (Lipinski definition) is 6. The van der Waals surface area contributed by atoms with E-state index in [9.17, 15) is 29.1 Å². The van der Waals surface area contributed by atoms with Crippen LogP contribution in [0, 0.1) is 5.92 Å². The van der Waals surface area contributed by atoms with Gasteiger partial charge >= 0.3 is 11.9 Å². The van der Waals surface area contributed by atoms with Crippen molar-refractivity contribution >= 4 is 29.5 Å². The fraction of sp³-hybridized carbons (Fsp3) is 0.393. The summed E-state index contributed by atoms with van der Waals surface area (Å²) in [6, 6.07) is 15.8. The first-order valence-corrected chi connectivity index (χ1v) is 12.6. The zero-order chi connectivity index (χ0) is 27.7. The number of aliphatic carboxylic acids is 2. The molecular weight excluding hydrogens is 490 g/mol. The van der Waals surface area contributed by atoms with E-state index in [0.29, 0.717) is 12.8 Å². The predicted molar refractivity (Wildman–Crippen MR) is 138 cm³/mol. The second-order valence-electron chi connectivity index (χ2n) is 9.65.